The maximum absolute atomic E-state index is 13.6. The molecular formula is C20H22BrFN2O2. The van der Waals surface area contributed by atoms with Crippen molar-refractivity contribution in [1.29, 1.82) is 0 Å². The van der Waals surface area contributed by atoms with Gasteiger partial charge in [-0.15, -0.1) is 0 Å². The molecule has 1 fully saturated rings. The van der Waals surface area contributed by atoms with Crippen LogP contribution in [-0.2, 0) is 16.0 Å². The third-order valence-electron chi connectivity index (χ3n) is 4.58. The maximum Gasteiger partial charge on any atom is 0.228 e. The van der Waals surface area contributed by atoms with Crippen LogP contribution >= 0.6 is 15.9 Å². The summed E-state index contributed by atoms with van der Waals surface area (Å²) in [6, 6.07) is 12.5. The van der Waals surface area contributed by atoms with Gasteiger partial charge in [-0.2, -0.15) is 0 Å². The Morgan fingerprint density at radius 3 is 2.65 bits per heavy atom. The number of anilines is 2. The number of nitrogens with one attached hydrogen (secondary N) is 2. The van der Waals surface area contributed by atoms with Gasteiger partial charge in [0.1, 0.15) is 5.82 Å². The van der Waals surface area contributed by atoms with E-state index in [1.807, 2.05) is 24.3 Å². The topological polar surface area (TPSA) is 50.4 Å². The van der Waals surface area contributed by atoms with E-state index in [2.05, 4.69) is 40.4 Å². The number of carbonyl (C=O) groups excluding carboxylic acids is 1. The lowest BCUT2D eigenvalue weighted by atomic mass is 9.88. The minimum absolute atomic E-state index is 0.0199. The molecule has 1 aliphatic rings. The smallest absolute Gasteiger partial charge is 0.228 e. The van der Waals surface area contributed by atoms with Crippen LogP contribution in [0.3, 0.4) is 0 Å². The van der Waals surface area contributed by atoms with E-state index in [-0.39, 0.29) is 29.6 Å². The second kappa shape index (κ2) is 7.76. The van der Waals surface area contributed by atoms with Gasteiger partial charge in [0, 0.05) is 5.41 Å². The molecule has 3 rings (SSSR count). The van der Waals surface area contributed by atoms with Gasteiger partial charge >= 0.3 is 0 Å². The van der Waals surface area contributed by atoms with E-state index in [1.54, 1.807) is 12.1 Å². The SMILES string of the molecule is CC1(C)COC[C@H]1Nc1ccccc1NC(=O)Cc1ccc(Br)c(F)c1. The lowest BCUT2D eigenvalue weighted by molar-refractivity contribution is -0.115. The summed E-state index contributed by atoms with van der Waals surface area (Å²) in [7, 11) is 0. The van der Waals surface area contributed by atoms with Gasteiger partial charge < -0.3 is 15.4 Å². The van der Waals surface area contributed by atoms with Crippen LogP contribution in [0.5, 0.6) is 0 Å². The van der Waals surface area contributed by atoms with Crippen LogP contribution in [0.25, 0.3) is 0 Å². The van der Waals surface area contributed by atoms with E-state index in [0.717, 1.165) is 5.69 Å². The van der Waals surface area contributed by atoms with Crippen molar-refractivity contribution in [3.05, 3.63) is 58.3 Å². The van der Waals surface area contributed by atoms with Crippen molar-refractivity contribution < 1.29 is 13.9 Å². The first-order chi connectivity index (χ1) is 12.3. The fourth-order valence-corrected chi connectivity index (χ4v) is 3.18. The van der Waals surface area contributed by atoms with Gasteiger partial charge in [0.2, 0.25) is 5.91 Å². The van der Waals surface area contributed by atoms with Gasteiger partial charge in [-0.1, -0.05) is 32.0 Å². The van der Waals surface area contributed by atoms with E-state index >= 15 is 0 Å². The molecule has 1 aliphatic heterocycles. The van der Waals surface area contributed by atoms with Gasteiger partial charge in [-0.25, -0.2) is 4.39 Å². The fourth-order valence-electron chi connectivity index (χ4n) is 2.94. The highest BCUT2D eigenvalue weighted by Gasteiger charge is 2.35. The Kier molecular flexibility index (Phi) is 5.63. The first-order valence-electron chi connectivity index (χ1n) is 8.52. The molecule has 4 nitrogen and oxygen atoms in total. The van der Waals surface area contributed by atoms with Crippen LogP contribution in [0.2, 0.25) is 0 Å². The average Bonchev–Trinajstić information content (AvgIpc) is 2.91. The second-order valence-corrected chi connectivity index (χ2v) is 8.07. The summed E-state index contributed by atoms with van der Waals surface area (Å²) in [5.41, 5.74) is 2.20. The standard InChI is InChI=1S/C20H22BrFN2O2/c1-20(2)12-26-11-18(20)23-16-5-3-4-6-17(16)24-19(25)10-13-7-8-14(21)15(22)9-13/h3-9,18,23H,10-12H2,1-2H3,(H,24,25)/t18-/m1/s1. The van der Waals surface area contributed by atoms with Gasteiger partial charge in [-0.3, -0.25) is 4.79 Å². The number of rotatable bonds is 5. The molecule has 1 saturated heterocycles. The largest absolute Gasteiger partial charge is 0.379 e. The average molecular weight is 421 g/mol. The predicted octanol–water partition coefficient (Wildman–Crippen LogP) is 4.61. The van der Waals surface area contributed by atoms with Gasteiger partial charge in [0.25, 0.3) is 0 Å². The number of para-hydroxylation sites is 2. The third kappa shape index (κ3) is 4.43. The molecule has 0 bridgehead atoms. The number of carbonyl (C=O) groups is 1. The van der Waals surface area contributed by atoms with Gasteiger partial charge in [-0.05, 0) is 45.8 Å². The number of benzene rings is 2. The zero-order valence-corrected chi connectivity index (χ0v) is 16.4. The van der Waals surface area contributed by atoms with Crippen molar-refractivity contribution in [3.8, 4) is 0 Å². The van der Waals surface area contributed by atoms with Crippen LogP contribution in [-0.4, -0.2) is 25.2 Å². The molecule has 2 aromatic carbocycles. The summed E-state index contributed by atoms with van der Waals surface area (Å²) in [5.74, 6) is -0.566. The second-order valence-electron chi connectivity index (χ2n) is 7.22. The minimum atomic E-state index is -0.374. The van der Waals surface area contributed by atoms with Crippen molar-refractivity contribution in [2.45, 2.75) is 26.3 Å². The zero-order chi connectivity index (χ0) is 18.7. The molecule has 26 heavy (non-hydrogen) atoms. The summed E-state index contributed by atoms with van der Waals surface area (Å²) in [4.78, 5) is 12.4. The quantitative estimate of drug-likeness (QED) is 0.742. The molecular weight excluding hydrogens is 399 g/mol. The van der Waals surface area contributed by atoms with Crippen molar-refractivity contribution in [2.75, 3.05) is 23.8 Å². The molecule has 1 heterocycles. The number of hydrogen-bond acceptors (Lipinski definition) is 3. The molecule has 0 aliphatic carbocycles. The van der Waals surface area contributed by atoms with Crippen LogP contribution in [0.4, 0.5) is 15.8 Å². The van der Waals surface area contributed by atoms with E-state index in [1.165, 1.54) is 6.07 Å². The zero-order valence-electron chi connectivity index (χ0n) is 14.8. The number of hydrogen-bond donors (Lipinski definition) is 2. The van der Waals surface area contributed by atoms with Crippen molar-refractivity contribution in [2.24, 2.45) is 5.41 Å². The Morgan fingerprint density at radius 1 is 1.27 bits per heavy atom. The summed E-state index contributed by atoms with van der Waals surface area (Å²) < 4.78 is 19.6. The van der Waals surface area contributed by atoms with Crippen LogP contribution < -0.4 is 10.6 Å². The maximum atomic E-state index is 13.6. The van der Waals surface area contributed by atoms with Gasteiger partial charge in [0.15, 0.2) is 0 Å². The summed E-state index contributed by atoms with van der Waals surface area (Å²) in [6.45, 7) is 5.64. The highest BCUT2D eigenvalue weighted by molar-refractivity contribution is 9.10. The van der Waals surface area contributed by atoms with E-state index in [0.29, 0.717) is 28.9 Å². The molecule has 0 spiro atoms. The molecule has 138 valence electrons. The van der Waals surface area contributed by atoms with Crippen molar-refractivity contribution in [1.82, 2.24) is 0 Å². The van der Waals surface area contributed by atoms with E-state index in [9.17, 15) is 9.18 Å². The molecule has 2 aromatic rings. The van der Waals surface area contributed by atoms with Crippen LogP contribution in [0.15, 0.2) is 46.9 Å². The van der Waals surface area contributed by atoms with Gasteiger partial charge in [0.05, 0.1) is 41.5 Å². The molecule has 2 N–H and O–H groups in total. The summed E-state index contributed by atoms with van der Waals surface area (Å²) in [5, 5.41) is 6.40. The number of amides is 1. The first kappa shape index (κ1) is 18.9. The fraction of sp³-hybridized carbons (Fsp3) is 0.350. The monoisotopic (exact) mass is 420 g/mol. The van der Waals surface area contributed by atoms with Crippen LogP contribution in [0, 0.1) is 11.2 Å². The van der Waals surface area contributed by atoms with Crippen molar-refractivity contribution >= 4 is 33.2 Å². The lowest BCUT2D eigenvalue weighted by Crippen LogP contribution is -2.35. The molecule has 0 radical (unpaired) electrons. The Bertz CT molecular complexity index is 810. The van der Waals surface area contributed by atoms with E-state index in [4.69, 9.17) is 4.74 Å². The number of halogens is 2. The molecule has 1 amide bonds. The molecule has 0 aromatic heterocycles. The highest BCUT2D eigenvalue weighted by Crippen LogP contribution is 2.32. The van der Waals surface area contributed by atoms with Crippen molar-refractivity contribution in [3.63, 3.8) is 0 Å². The summed E-state index contributed by atoms with van der Waals surface area (Å²) in [6.07, 6.45) is 0.108. The Balaban J connectivity index is 1.69. The molecule has 1 atom stereocenters. The third-order valence-corrected chi connectivity index (χ3v) is 5.22. The van der Waals surface area contributed by atoms with Crippen LogP contribution in [0.1, 0.15) is 19.4 Å². The lowest BCUT2D eigenvalue weighted by Gasteiger charge is -2.27. The molecule has 0 saturated carbocycles. The summed E-state index contributed by atoms with van der Waals surface area (Å²) >= 11 is 3.12. The minimum Gasteiger partial charge on any atom is -0.379 e. The highest BCUT2D eigenvalue weighted by atomic mass is 79.9. The molecule has 6 heteroatoms. The predicted molar refractivity (Wildman–Crippen MR) is 105 cm³/mol. The normalized spacial score (nSPS) is 18.5. The molecule has 0 unspecified atom stereocenters. The Hall–Kier alpha value is -1.92. The number of ether oxygens (including phenoxy) is 1. The Labute approximate surface area is 161 Å². The van der Waals surface area contributed by atoms with E-state index < -0.39 is 0 Å². The Morgan fingerprint density at radius 2 is 2.00 bits per heavy atom. The first-order valence-corrected chi connectivity index (χ1v) is 9.31.